The topological polar surface area (TPSA) is 64.5 Å². The lowest BCUT2D eigenvalue weighted by Crippen LogP contribution is -2.23. The van der Waals surface area contributed by atoms with Crippen LogP contribution in [0.2, 0.25) is 10.3 Å². The van der Waals surface area contributed by atoms with Gasteiger partial charge in [-0.15, -0.1) is 0 Å². The van der Waals surface area contributed by atoms with E-state index in [2.05, 4.69) is 9.97 Å². The Labute approximate surface area is 144 Å². The molecule has 1 aromatic heterocycles. The molecule has 0 N–H and O–H groups in total. The van der Waals surface area contributed by atoms with Crippen molar-refractivity contribution in [2.45, 2.75) is 0 Å². The van der Waals surface area contributed by atoms with E-state index in [1.807, 2.05) is 4.90 Å². The minimum atomic E-state index is -0.510. The van der Waals surface area contributed by atoms with Crippen molar-refractivity contribution in [3.05, 3.63) is 46.3 Å². The Kier molecular flexibility index (Phi) is 6.15. The zero-order valence-corrected chi connectivity index (χ0v) is 14.1. The third-order valence-electron chi connectivity index (χ3n) is 3.07. The second-order valence-corrected chi connectivity index (χ2v) is 5.23. The number of esters is 1. The normalized spacial score (nSPS) is 10.4. The highest BCUT2D eigenvalue weighted by molar-refractivity contribution is 6.33. The molecule has 0 spiro atoms. The van der Waals surface area contributed by atoms with Gasteiger partial charge >= 0.3 is 5.97 Å². The summed E-state index contributed by atoms with van der Waals surface area (Å²) in [5.74, 6) is 0.0736. The number of methoxy groups -OCH3 is 2. The van der Waals surface area contributed by atoms with Crippen molar-refractivity contribution in [1.82, 2.24) is 9.97 Å². The summed E-state index contributed by atoms with van der Waals surface area (Å²) in [6, 6.07) is 6.76. The molecule has 122 valence electrons. The van der Waals surface area contributed by atoms with Gasteiger partial charge in [-0.3, -0.25) is 0 Å². The maximum absolute atomic E-state index is 11.8. The van der Waals surface area contributed by atoms with E-state index in [0.29, 0.717) is 29.7 Å². The molecule has 0 aliphatic carbocycles. The molecule has 0 amide bonds. The summed E-state index contributed by atoms with van der Waals surface area (Å²) in [6.07, 6.45) is 1.56. The fourth-order valence-corrected chi connectivity index (χ4v) is 2.32. The highest BCUT2D eigenvalue weighted by atomic mass is 35.5. The van der Waals surface area contributed by atoms with Crippen LogP contribution < -0.4 is 4.90 Å². The Balaban J connectivity index is 2.45. The van der Waals surface area contributed by atoms with Crippen LogP contribution in [0.4, 0.5) is 11.5 Å². The van der Waals surface area contributed by atoms with Gasteiger partial charge in [0.2, 0.25) is 5.28 Å². The summed E-state index contributed by atoms with van der Waals surface area (Å²) in [5.41, 5.74) is 0.982. The number of carbonyl (C=O) groups is 1. The third kappa shape index (κ3) is 4.31. The van der Waals surface area contributed by atoms with Gasteiger partial charge in [0.05, 0.1) is 24.3 Å². The number of carbonyl (C=O) groups excluding carboxylic acids is 1. The molecule has 0 saturated heterocycles. The van der Waals surface area contributed by atoms with Crippen molar-refractivity contribution >= 4 is 40.7 Å². The van der Waals surface area contributed by atoms with E-state index in [-0.39, 0.29) is 10.8 Å². The van der Waals surface area contributed by atoms with Crippen molar-refractivity contribution in [2.75, 3.05) is 32.3 Å². The summed E-state index contributed by atoms with van der Waals surface area (Å²) in [7, 11) is 2.91. The lowest BCUT2D eigenvalue weighted by atomic mass is 10.2. The maximum atomic E-state index is 11.8. The van der Waals surface area contributed by atoms with Gasteiger partial charge in [-0.25, -0.2) is 14.8 Å². The van der Waals surface area contributed by atoms with Crippen LogP contribution in [0.5, 0.6) is 0 Å². The molecule has 2 rings (SSSR count). The van der Waals surface area contributed by atoms with Crippen LogP contribution in [0, 0.1) is 0 Å². The summed E-state index contributed by atoms with van der Waals surface area (Å²) in [5, 5.41) is 0.445. The fourth-order valence-electron chi connectivity index (χ4n) is 1.98. The molecular weight excluding hydrogens is 341 g/mol. The summed E-state index contributed by atoms with van der Waals surface area (Å²) >= 11 is 11.9. The van der Waals surface area contributed by atoms with Gasteiger partial charge in [0, 0.05) is 25.5 Å². The summed E-state index contributed by atoms with van der Waals surface area (Å²) in [4.78, 5) is 21.7. The van der Waals surface area contributed by atoms with Crippen LogP contribution in [0.25, 0.3) is 0 Å². The molecule has 23 heavy (non-hydrogen) atoms. The Morgan fingerprint density at radius 2 is 2.04 bits per heavy atom. The van der Waals surface area contributed by atoms with Crippen molar-refractivity contribution in [3.63, 3.8) is 0 Å². The first-order chi connectivity index (χ1) is 11.1. The van der Waals surface area contributed by atoms with Gasteiger partial charge in [-0.05, 0) is 35.9 Å². The van der Waals surface area contributed by atoms with E-state index >= 15 is 0 Å². The molecule has 0 atom stereocenters. The van der Waals surface area contributed by atoms with E-state index in [4.69, 9.17) is 32.7 Å². The van der Waals surface area contributed by atoms with Gasteiger partial charge in [0.25, 0.3) is 0 Å². The van der Waals surface area contributed by atoms with Crippen LogP contribution in [0.3, 0.4) is 0 Å². The van der Waals surface area contributed by atoms with Crippen LogP contribution >= 0.6 is 23.2 Å². The number of aromatic nitrogens is 2. The van der Waals surface area contributed by atoms with E-state index < -0.39 is 5.97 Å². The standard InChI is InChI=1S/C15H15Cl2N3O3/c1-22-8-7-20(13-5-6-18-15(17)19-13)10-3-4-12(16)11(9-10)14(21)23-2/h3-6,9H,7-8H2,1-2H3. The first-order valence-electron chi connectivity index (χ1n) is 6.69. The Morgan fingerprint density at radius 1 is 1.26 bits per heavy atom. The molecule has 0 bridgehead atoms. The van der Waals surface area contributed by atoms with Crippen LogP contribution in [0.15, 0.2) is 30.5 Å². The number of hydrogen-bond donors (Lipinski definition) is 0. The molecule has 0 aliphatic rings. The molecule has 6 nitrogen and oxygen atoms in total. The molecule has 2 aromatic rings. The Morgan fingerprint density at radius 3 is 2.70 bits per heavy atom. The number of halogens is 2. The van der Waals surface area contributed by atoms with E-state index in [9.17, 15) is 4.79 Å². The molecular formula is C15H15Cl2N3O3. The smallest absolute Gasteiger partial charge is 0.339 e. The van der Waals surface area contributed by atoms with Gasteiger partial charge in [-0.1, -0.05) is 11.6 Å². The van der Waals surface area contributed by atoms with Crippen molar-refractivity contribution in [1.29, 1.82) is 0 Å². The zero-order valence-electron chi connectivity index (χ0n) is 12.6. The van der Waals surface area contributed by atoms with Gasteiger partial charge in [0.1, 0.15) is 5.82 Å². The fraction of sp³-hybridized carbons (Fsp3) is 0.267. The number of benzene rings is 1. The second-order valence-electron chi connectivity index (χ2n) is 4.48. The Hall–Kier alpha value is -1.89. The molecule has 1 heterocycles. The molecule has 1 aromatic carbocycles. The lowest BCUT2D eigenvalue weighted by Gasteiger charge is -2.24. The van der Waals surface area contributed by atoms with E-state index in [1.165, 1.54) is 7.11 Å². The zero-order chi connectivity index (χ0) is 16.8. The Bertz CT molecular complexity index is 697. The van der Waals surface area contributed by atoms with Crippen molar-refractivity contribution < 1.29 is 14.3 Å². The van der Waals surface area contributed by atoms with E-state index in [0.717, 1.165) is 0 Å². The number of anilines is 2. The molecule has 0 unspecified atom stereocenters. The van der Waals surface area contributed by atoms with E-state index in [1.54, 1.807) is 37.6 Å². The van der Waals surface area contributed by atoms with Crippen LogP contribution in [-0.4, -0.2) is 43.3 Å². The minimum absolute atomic E-state index is 0.132. The number of ether oxygens (including phenoxy) is 2. The molecule has 0 aliphatic heterocycles. The SMILES string of the molecule is COCCN(c1ccc(Cl)c(C(=O)OC)c1)c1ccnc(Cl)n1. The minimum Gasteiger partial charge on any atom is -0.465 e. The first kappa shape index (κ1) is 17.5. The summed E-state index contributed by atoms with van der Waals surface area (Å²) in [6.45, 7) is 0.962. The first-order valence-corrected chi connectivity index (χ1v) is 7.45. The third-order valence-corrected chi connectivity index (χ3v) is 3.59. The van der Waals surface area contributed by atoms with Gasteiger partial charge in [0.15, 0.2) is 0 Å². The highest BCUT2D eigenvalue weighted by Gasteiger charge is 2.16. The number of rotatable bonds is 6. The quantitative estimate of drug-likeness (QED) is 0.584. The predicted molar refractivity (Wildman–Crippen MR) is 88.7 cm³/mol. The monoisotopic (exact) mass is 355 g/mol. The van der Waals surface area contributed by atoms with Gasteiger partial charge < -0.3 is 14.4 Å². The van der Waals surface area contributed by atoms with Crippen molar-refractivity contribution in [3.8, 4) is 0 Å². The average molecular weight is 356 g/mol. The predicted octanol–water partition coefficient (Wildman–Crippen LogP) is 3.35. The molecule has 0 saturated carbocycles. The van der Waals surface area contributed by atoms with Gasteiger partial charge in [-0.2, -0.15) is 0 Å². The maximum Gasteiger partial charge on any atom is 0.339 e. The van der Waals surface area contributed by atoms with Crippen LogP contribution in [-0.2, 0) is 9.47 Å². The van der Waals surface area contributed by atoms with Crippen molar-refractivity contribution in [2.24, 2.45) is 0 Å². The molecule has 0 fully saturated rings. The number of hydrogen-bond acceptors (Lipinski definition) is 6. The lowest BCUT2D eigenvalue weighted by molar-refractivity contribution is 0.0601. The van der Waals surface area contributed by atoms with Crippen LogP contribution in [0.1, 0.15) is 10.4 Å². The summed E-state index contributed by atoms with van der Waals surface area (Å²) < 4.78 is 9.88. The number of nitrogens with zero attached hydrogens (tertiary/aromatic N) is 3. The molecule has 8 heteroatoms. The highest BCUT2D eigenvalue weighted by Crippen LogP contribution is 2.28. The molecule has 0 radical (unpaired) electrons. The average Bonchev–Trinajstić information content (AvgIpc) is 2.56. The largest absolute Gasteiger partial charge is 0.465 e. The second kappa shape index (κ2) is 8.10.